The van der Waals surface area contributed by atoms with Gasteiger partial charge in [0.1, 0.15) is 23.4 Å². The highest BCUT2D eigenvalue weighted by Gasteiger charge is 2.50. The second kappa shape index (κ2) is 14.0. The molecule has 1 spiro atoms. The topological polar surface area (TPSA) is 141 Å². The number of alkyl halides is 3. The van der Waals surface area contributed by atoms with Crippen molar-refractivity contribution < 1.29 is 36.9 Å². The van der Waals surface area contributed by atoms with Gasteiger partial charge >= 0.3 is 12.1 Å². The maximum absolute atomic E-state index is 15.0. The van der Waals surface area contributed by atoms with E-state index in [1.54, 1.807) is 32.9 Å². The number of carbonyl (C=O) groups is 1. The van der Waals surface area contributed by atoms with E-state index >= 15 is 0 Å². The van der Waals surface area contributed by atoms with E-state index in [1.807, 2.05) is 11.8 Å². The van der Waals surface area contributed by atoms with E-state index in [1.165, 1.54) is 47.3 Å². The Balaban J connectivity index is 1.32. The summed E-state index contributed by atoms with van der Waals surface area (Å²) in [6.45, 7) is 8.34. The number of aliphatic carboxylic acids is 1. The lowest BCUT2D eigenvalue weighted by Gasteiger charge is -2.43. The fourth-order valence-electron chi connectivity index (χ4n) is 7.31. The van der Waals surface area contributed by atoms with Gasteiger partial charge in [0.05, 0.1) is 17.5 Å². The number of benzene rings is 2. The van der Waals surface area contributed by atoms with Gasteiger partial charge in [0.2, 0.25) is 17.9 Å². The minimum atomic E-state index is -4.90. The van der Waals surface area contributed by atoms with Crippen LogP contribution in [0.5, 0.6) is 11.6 Å². The summed E-state index contributed by atoms with van der Waals surface area (Å²) >= 11 is 0. The molecule has 4 N–H and O–H groups in total. The highest BCUT2D eigenvalue weighted by atomic mass is 19.4. The Morgan fingerprint density at radius 1 is 1.08 bits per heavy atom. The number of carboxylic acids is 1. The van der Waals surface area contributed by atoms with E-state index in [4.69, 9.17) is 15.2 Å². The molecule has 0 saturated carbocycles. The predicted molar refractivity (Wildman–Crippen MR) is 182 cm³/mol. The van der Waals surface area contributed by atoms with Gasteiger partial charge < -0.3 is 30.5 Å². The summed E-state index contributed by atoms with van der Waals surface area (Å²) in [6, 6.07) is 10.8. The Hall–Kier alpha value is -4.92. The first kappa shape index (κ1) is 35.9. The number of nitrogen functional groups attached to an aromatic ring is 1. The zero-order valence-electron chi connectivity index (χ0n) is 28.7. The van der Waals surface area contributed by atoms with Crippen LogP contribution in [0.3, 0.4) is 0 Å². The minimum Gasteiger partial charge on any atom is -0.491 e. The van der Waals surface area contributed by atoms with Crippen LogP contribution >= 0.6 is 0 Å². The molecular weight excluding hydrogens is 670 g/mol. The molecule has 2 aliphatic rings. The van der Waals surface area contributed by atoms with Crippen LogP contribution in [0.1, 0.15) is 63.8 Å². The zero-order chi connectivity index (χ0) is 36.7. The number of halogens is 4. The van der Waals surface area contributed by atoms with Gasteiger partial charge in [0, 0.05) is 43.0 Å². The summed E-state index contributed by atoms with van der Waals surface area (Å²) < 4.78 is 72.2. The quantitative estimate of drug-likeness (QED) is 0.153. The second-order valence-corrected chi connectivity index (χ2v) is 13.6. The van der Waals surface area contributed by atoms with Crippen molar-refractivity contribution in [3.63, 3.8) is 0 Å². The third-order valence-corrected chi connectivity index (χ3v) is 9.64. The molecule has 2 unspecified atom stereocenters. The number of rotatable bonds is 10. The average molecular weight is 712 g/mol. The largest absolute Gasteiger partial charge is 0.491 e. The van der Waals surface area contributed by atoms with Crippen LogP contribution in [-0.2, 0) is 4.79 Å². The number of piperidine rings is 1. The Bertz CT molecular complexity index is 1890. The lowest BCUT2D eigenvalue weighted by molar-refractivity contribution is -0.198. The molecule has 2 aromatic carbocycles. The van der Waals surface area contributed by atoms with Crippen LogP contribution < -0.4 is 25.4 Å². The third-order valence-electron chi connectivity index (χ3n) is 9.64. The number of nitrogens with zero attached hydrogens (tertiary/aromatic N) is 5. The van der Waals surface area contributed by atoms with Crippen molar-refractivity contribution in [3.8, 4) is 28.4 Å². The fourth-order valence-corrected chi connectivity index (χ4v) is 7.31. The molecule has 11 nitrogen and oxygen atoms in total. The van der Waals surface area contributed by atoms with Crippen LogP contribution in [-0.4, -0.2) is 68.3 Å². The van der Waals surface area contributed by atoms with Gasteiger partial charge in [-0.1, -0.05) is 19.1 Å². The molecule has 0 amide bonds. The maximum Gasteiger partial charge on any atom is 0.429 e. The van der Waals surface area contributed by atoms with E-state index in [-0.39, 0.29) is 46.4 Å². The molecule has 272 valence electrons. The van der Waals surface area contributed by atoms with Gasteiger partial charge in [-0.3, -0.25) is 4.79 Å². The molecule has 2 fully saturated rings. The van der Waals surface area contributed by atoms with Gasteiger partial charge in [-0.15, -0.1) is 0 Å². The Kier molecular flexibility index (Phi) is 9.86. The first-order valence-electron chi connectivity index (χ1n) is 16.9. The second-order valence-electron chi connectivity index (χ2n) is 13.6. The number of hydrogen-bond acceptors (Lipinski definition) is 9. The zero-order valence-corrected chi connectivity index (χ0v) is 28.7. The smallest absolute Gasteiger partial charge is 0.429 e. The van der Waals surface area contributed by atoms with Crippen LogP contribution in [0.2, 0.25) is 0 Å². The number of aromatic nitrogens is 4. The number of ether oxygens (including phenoxy) is 2. The van der Waals surface area contributed by atoms with E-state index in [2.05, 4.69) is 20.4 Å². The third kappa shape index (κ3) is 7.72. The Labute approximate surface area is 292 Å². The van der Waals surface area contributed by atoms with Gasteiger partial charge in [-0.05, 0) is 87.3 Å². The minimum absolute atomic E-state index is 0.0400. The Morgan fingerprint density at radius 3 is 2.45 bits per heavy atom. The standard InChI is InChI=1S/C36H41F4N7O4/c1-5-29-35(19-27(42-29)33(48)49)9-12-46(13-10-35)30-18-31(44-34(41)43-30)51-32(36(38,39)40)26-7-6-22(16-28(26)47-11-8-21(4)45-47)23-14-24(37)17-25(15-23)50-20(2)3/h6-8,11,14-18,20,27,29,32,42H,5,9-10,12-13,19H2,1-4H3,(H,48,49)(H2,41,43,44)/t27?,29?,32-/m1/s1. The van der Waals surface area contributed by atoms with Crippen molar-refractivity contribution in [3.05, 3.63) is 71.8 Å². The number of anilines is 2. The van der Waals surface area contributed by atoms with Crippen LogP contribution in [0.25, 0.3) is 16.8 Å². The lowest BCUT2D eigenvalue weighted by atomic mass is 9.71. The monoisotopic (exact) mass is 711 g/mol. The number of carboxylic acid groups (broad SMARTS) is 1. The summed E-state index contributed by atoms with van der Waals surface area (Å²) in [5.41, 5.74) is 7.03. The molecule has 2 aromatic heterocycles. The highest BCUT2D eigenvalue weighted by molar-refractivity contribution is 5.74. The molecule has 6 rings (SSSR count). The highest BCUT2D eigenvalue weighted by Crippen LogP contribution is 2.46. The summed E-state index contributed by atoms with van der Waals surface area (Å²) in [6.07, 6.45) is -3.46. The average Bonchev–Trinajstić information content (AvgIpc) is 3.66. The molecule has 3 atom stereocenters. The molecular formula is C36H41F4N7O4. The number of hydrogen-bond donors (Lipinski definition) is 3. The molecule has 4 heterocycles. The van der Waals surface area contributed by atoms with Crippen molar-refractivity contribution in [2.75, 3.05) is 23.7 Å². The van der Waals surface area contributed by atoms with Crippen molar-refractivity contribution in [2.24, 2.45) is 5.41 Å². The normalized spacial score (nSPS) is 19.4. The van der Waals surface area contributed by atoms with Gasteiger partial charge in [-0.25, -0.2) is 9.07 Å². The molecule has 51 heavy (non-hydrogen) atoms. The van der Waals surface area contributed by atoms with Crippen molar-refractivity contribution in [1.82, 2.24) is 25.1 Å². The van der Waals surface area contributed by atoms with Gasteiger partial charge in [0.25, 0.3) is 0 Å². The summed E-state index contributed by atoms with van der Waals surface area (Å²) in [5, 5.41) is 17.2. The number of aryl methyl sites for hydroxylation is 1. The number of nitrogens with one attached hydrogen (secondary N) is 1. The van der Waals surface area contributed by atoms with Crippen LogP contribution in [0, 0.1) is 18.2 Å². The van der Waals surface area contributed by atoms with E-state index < -0.39 is 30.1 Å². The lowest BCUT2D eigenvalue weighted by Crippen LogP contribution is -2.46. The van der Waals surface area contributed by atoms with E-state index in [0.717, 1.165) is 6.42 Å². The van der Waals surface area contributed by atoms with Crippen molar-refractivity contribution >= 4 is 17.7 Å². The summed E-state index contributed by atoms with van der Waals surface area (Å²) in [5.74, 6) is -1.47. The molecule has 15 heteroatoms. The number of nitrogens with two attached hydrogens (primary N) is 1. The molecule has 0 radical (unpaired) electrons. The first-order valence-corrected chi connectivity index (χ1v) is 16.9. The fraction of sp³-hybridized carbons (Fsp3) is 0.444. The SMILES string of the molecule is CCC1NC(C(=O)O)CC12CCN(c1cc(O[C@H](c3ccc(-c4cc(F)cc(OC(C)C)c4)cc3-n3ccc(C)n3)C(F)(F)F)nc(N)n1)CC2. The van der Waals surface area contributed by atoms with Gasteiger partial charge in [-0.2, -0.15) is 28.2 Å². The molecule has 2 saturated heterocycles. The summed E-state index contributed by atoms with van der Waals surface area (Å²) in [4.78, 5) is 22.0. The van der Waals surface area contributed by atoms with Crippen LogP contribution in [0.4, 0.5) is 29.3 Å². The van der Waals surface area contributed by atoms with E-state index in [0.29, 0.717) is 55.0 Å². The molecule has 2 aliphatic heterocycles. The molecule has 4 aromatic rings. The molecule has 0 aliphatic carbocycles. The van der Waals surface area contributed by atoms with Crippen LogP contribution in [0.15, 0.2) is 54.7 Å². The van der Waals surface area contributed by atoms with E-state index in [9.17, 15) is 27.5 Å². The first-order chi connectivity index (χ1) is 24.1. The predicted octanol–water partition coefficient (Wildman–Crippen LogP) is 6.64. The molecule has 0 bridgehead atoms. The summed E-state index contributed by atoms with van der Waals surface area (Å²) in [7, 11) is 0. The maximum atomic E-state index is 15.0. The van der Waals surface area contributed by atoms with Gasteiger partial charge in [0.15, 0.2) is 0 Å². The van der Waals surface area contributed by atoms with Crippen molar-refractivity contribution in [1.29, 1.82) is 0 Å². The van der Waals surface area contributed by atoms with Crippen molar-refractivity contribution in [2.45, 2.75) is 83.8 Å². The Morgan fingerprint density at radius 2 is 1.82 bits per heavy atom.